The van der Waals surface area contributed by atoms with Gasteiger partial charge in [0.15, 0.2) is 0 Å². The number of nitrogens with one attached hydrogen (secondary N) is 2. The van der Waals surface area contributed by atoms with Gasteiger partial charge in [0, 0.05) is 23.8 Å². The smallest absolute Gasteiger partial charge is 0.385 e. The summed E-state index contributed by atoms with van der Waals surface area (Å²) in [6.45, 7) is 4.43. The summed E-state index contributed by atoms with van der Waals surface area (Å²) in [5, 5.41) is 6.06. The Hall–Kier alpha value is -3.16. The maximum atomic E-state index is 13.7. The van der Waals surface area contributed by atoms with E-state index in [4.69, 9.17) is 0 Å². The molecule has 2 aromatic heterocycles. The fourth-order valence-corrected chi connectivity index (χ4v) is 3.10. The first-order valence-electron chi connectivity index (χ1n) is 9.74. The average molecular weight is 416 g/mol. The summed E-state index contributed by atoms with van der Waals surface area (Å²) in [7, 11) is 0. The van der Waals surface area contributed by atoms with Crippen LogP contribution in [0.4, 0.5) is 18.9 Å². The Morgan fingerprint density at radius 2 is 1.97 bits per heavy atom. The minimum Gasteiger partial charge on any atom is -0.385 e. The molecule has 2 heterocycles. The molecule has 8 heteroatoms. The lowest BCUT2D eigenvalue weighted by Crippen LogP contribution is -2.24. The molecule has 30 heavy (non-hydrogen) atoms. The lowest BCUT2D eigenvalue weighted by atomic mass is 10.0. The van der Waals surface area contributed by atoms with Crippen molar-refractivity contribution in [2.75, 3.05) is 11.9 Å². The van der Waals surface area contributed by atoms with Gasteiger partial charge in [0.2, 0.25) is 0 Å². The fraction of sp³-hybridized carbons (Fsp3) is 0.318. The SMILES string of the molecule is CCCCNc1cc(C(F)(F)F)c2nc(C(=O)NCc3ccccn3)cc(C)c2c1. The summed E-state index contributed by atoms with van der Waals surface area (Å²) in [6.07, 6.45) is -1.21. The van der Waals surface area contributed by atoms with Crippen LogP contribution in [0, 0.1) is 6.92 Å². The van der Waals surface area contributed by atoms with Gasteiger partial charge in [0.25, 0.3) is 5.91 Å². The van der Waals surface area contributed by atoms with Crippen LogP contribution in [0.25, 0.3) is 10.9 Å². The van der Waals surface area contributed by atoms with Crippen molar-refractivity contribution >= 4 is 22.5 Å². The molecule has 0 aliphatic heterocycles. The van der Waals surface area contributed by atoms with Crippen molar-refractivity contribution in [3.63, 3.8) is 0 Å². The molecule has 1 aromatic carbocycles. The summed E-state index contributed by atoms with van der Waals surface area (Å²) in [4.78, 5) is 20.7. The minimum absolute atomic E-state index is 0.0619. The van der Waals surface area contributed by atoms with E-state index in [-0.39, 0.29) is 17.8 Å². The molecule has 0 atom stereocenters. The number of benzene rings is 1. The van der Waals surface area contributed by atoms with Crippen molar-refractivity contribution in [3.8, 4) is 0 Å². The van der Waals surface area contributed by atoms with E-state index in [1.165, 1.54) is 6.07 Å². The van der Waals surface area contributed by atoms with Gasteiger partial charge in [-0.25, -0.2) is 4.98 Å². The highest BCUT2D eigenvalue weighted by molar-refractivity contribution is 5.97. The van der Waals surface area contributed by atoms with Crippen molar-refractivity contribution in [2.45, 2.75) is 39.4 Å². The van der Waals surface area contributed by atoms with E-state index in [2.05, 4.69) is 20.6 Å². The maximum Gasteiger partial charge on any atom is 0.418 e. The molecule has 1 amide bonds. The van der Waals surface area contributed by atoms with E-state index in [0.717, 1.165) is 18.9 Å². The Morgan fingerprint density at radius 3 is 2.63 bits per heavy atom. The number of pyridine rings is 2. The van der Waals surface area contributed by atoms with Crippen LogP contribution in [-0.4, -0.2) is 22.4 Å². The molecule has 0 saturated carbocycles. The molecule has 0 aliphatic rings. The molecular formula is C22H23F3N4O. The maximum absolute atomic E-state index is 13.7. The van der Waals surface area contributed by atoms with Crippen LogP contribution in [0.3, 0.4) is 0 Å². The quantitative estimate of drug-likeness (QED) is 0.526. The molecule has 158 valence electrons. The molecule has 3 aromatic rings. The van der Waals surface area contributed by atoms with Crippen molar-refractivity contribution in [1.82, 2.24) is 15.3 Å². The summed E-state index contributed by atoms with van der Waals surface area (Å²) < 4.78 is 41.2. The summed E-state index contributed by atoms with van der Waals surface area (Å²) >= 11 is 0. The van der Waals surface area contributed by atoms with Gasteiger partial charge < -0.3 is 10.6 Å². The Bertz CT molecular complexity index is 1040. The first-order chi connectivity index (χ1) is 14.3. The third-order valence-corrected chi connectivity index (χ3v) is 4.67. The van der Waals surface area contributed by atoms with Gasteiger partial charge in [-0.3, -0.25) is 9.78 Å². The topological polar surface area (TPSA) is 66.9 Å². The van der Waals surface area contributed by atoms with Crippen LogP contribution in [0.1, 0.15) is 47.1 Å². The summed E-state index contributed by atoms with van der Waals surface area (Å²) in [5.41, 5.74) is 0.427. The molecule has 0 spiro atoms. The van der Waals surface area contributed by atoms with Crippen molar-refractivity contribution < 1.29 is 18.0 Å². The number of aromatic nitrogens is 2. The molecule has 0 bridgehead atoms. The predicted molar refractivity (Wildman–Crippen MR) is 110 cm³/mol. The van der Waals surface area contributed by atoms with Crippen molar-refractivity contribution in [1.29, 1.82) is 0 Å². The van der Waals surface area contributed by atoms with Gasteiger partial charge >= 0.3 is 6.18 Å². The Labute approximate surface area is 172 Å². The number of unbranched alkanes of at least 4 members (excludes halogenated alkanes) is 1. The third-order valence-electron chi connectivity index (χ3n) is 4.67. The van der Waals surface area contributed by atoms with Gasteiger partial charge in [-0.2, -0.15) is 13.2 Å². The minimum atomic E-state index is -4.59. The van der Waals surface area contributed by atoms with E-state index in [9.17, 15) is 18.0 Å². The number of alkyl halides is 3. The zero-order valence-electron chi connectivity index (χ0n) is 16.8. The number of hydrogen-bond acceptors (Lipinski definition) is 4. The molecule has 0 unspecified atom stereocenters. The van der Waals surface area contributed by atoms with Crippen LogP contribution in [-0.2, 0) is 12.7 Å². The second kappa shape index (κ2) is 9.11. The van der Waals surface area contributed by atoms with E-state index in [1.54, 1.807) is 37.4 Å². The van der Waals surface area contributed by atoms with E-state index >= 15 is 0 Å². The van der Waals surface area contributed by atoms with Crippen LogP contribution in [0.15, 0.2) is 42.6 Å². The third kappa shape index (κ3) is 5.06. The van der Waals surface area contributed by atoms with Gasteiger partial charge in [-0.15, -0.1) is 0 Å². The summed E-state index contributed by atoms with van der Waals surface area (Å²) in [5.74, 6) is -0.552. The number of anilines is 1. The largest absolute Gasteiger partial charge is 0.418 e. The van der Waals surface area contributed by atoms with Gasteiger partial charge in [0.1, 0.15) is 5.69 Å². The number of halogens is 3. The highest BCUT2D eigenvalue weighted by atomic mass is 19.4. The Kier molecular flexibility index (Phi) is 6.54. The molecule has 0 radical (unpaired) electrons. The molecule has 3 rings (SSSR count). The number of nitrogens with zero attached hydrogens (tertiary/aromatic N) is 2. The highest BCUT2D eigenvalue weighted by Crippen LogP contribution is 2.37. The summed E-state index contributed by atoms with van der Waals surface area (Å²) in [6, 6.07) is 9.50. The first kappa shape index (κ1) is 21.5. The molecule has 0 aliphatic carbocycles. The zero-order chi connectivity index (χ0) is 21.7. The normalized spacial score (nSPS) is 11.5. The standard InChI is InChI=1S/C22H23F3N4O/c1-3-4-8-27-16-11-17-14(2)10-19(29-20(17)18(12-16)22(23,24)25)21(30)28-13-15-7-5-6-9-26-15/h5-7,9-12,27H,3-4,8,13H2,1-2H3,(H,28,30). The number of fused-ring (bicyclic) bond motifs is 1. The molecule has 0 fully saturated rings. The Morgan fingerprint density at radius 1 is 1.17 bits per heavy atom. The van der Waals surface area contributed by atoms with E-state index in [1.807, 2.05) is 6.92 Å². The van der Waals surface area contributed by atoms with E-state index in [0.29, 0.717) is 28.9 Å². The Balaban J connectivity index is 1.96. The van der Waals surface area contributed by atoms with Crippen LogP contribution >= 0.6 is 0 Å². The number of rotatable bonds is 7. The molecule has 0 saturated heterocycles. The number of aryl methyl sites for hydroxylation is 1. The molecular weight excluding hydrogens is 393 g/mol. The van der Waals surface area contributed by atoms with E-state index < -0.39 is 17.6 Å². The zero-order valence-corrected chi connectivity index (χ0v) is 16.8. The number of carbonyl (C=O) groups is 1. The first-order valence-corrected chi connectivity index (χ1v) is 9.74. The fourth-order valence-electron chi connectivity index (χ4n) is 3.10. The number of hydrogen-bond donors (Lipinski definition) is 2. The van der Waals surface area contributed by atoms with Gasteiger partial charge in [-0.05, 0) is 49.2 Å². The number of carbonyl (C=O) groups excluding carboxylic acids is 1. The number of amides is 1. The lowest BCUT2D eigenvalue weighted by molar-refractivity contribution is -0.136. The van der Waals surface area contributed by atoms with Gasteiger partial charge in [0.05, 0.1) is 23.3 Å². The van der Waals surface area contributed by atoms with Crippen LogP contribution in [0.5, 0.6) is 0 Å². The molecule has 2 N–H and O–H groups in total. The second-order valence-electron chi connectivity index (χ2n) is 7.03. The lowest BCUT2D eigenvalue weighted by Gasteiger charge is -2.16. The van der Waals surface area contributed by atoms with Crippen LogP contribution in [0.2, 0.25) is 0 Å². The monoisotopic (exact) mass is 416 g/mol. The predicted octanol–water partition coefficient (Wildman–Crippen LogP) is 5.10. The molecule has 5 nitrogen and oxygen atoms in total. The van der Waals surface area contributed by atoms with Crippen LogP contribution < -0.4 is 10.6 Å². The van der Waals surface area contributed by atoms with Crippen molar-refractivity contribution in [3.05, 3.63) is 65.1 Å². The van der Waals surface area contributed by atoms with Gasteiger partial charge in [-0.1, -0.05) is 19.4 Å². The highest BCUT2D eigenvalue weighted by Gasteiger charge is 2.34. The van der Waals surface area contributed by atoms with Crippen molar-refractivity contribution in [2.24, 2.45) is 0 Å². The second-order valence-corrected chi connectivity index (χ2v) is 7.03. The average Bonchev–Trinajstić information content (AvgIpc) is 2.72.